The van der Waals surface area contributed by atoms with Gasteiger partial charge in [0.05, 0.1) is 16.8 Å². The summed E-state index contributed by atoms with van der Waals surface area (Å²) in [5.74, 6) is -0.344. The maximum Gasteiger partial charge on any atom is 0.263 e. The summed E-state index contributed by atoms with van der Waals surface area (Å²) in [6, 6.07) is 6.46. The molecule has 1 aromatic carbocycles. The fourth-order valence-corrected chi connectivity index (χ4v) is 3.99. The highest BCUT2D eigenvalue weighted by molar-refractivity contribution is 7.13. The first-order valence-electron chi connectivity index (χ1n) is 8.21. The third kappa shape index (κ3) is 4.19. The van der Waals surface area contributed by atoms with Crippen molar-refractivity contribution in [2.45, 2.75) is 51.2 Å². The predicted octanol–water partition coefficient (Wildman–Crippen LogP) is 3.21. The molecule has 0 atom stereocenters. The summed E-state index contributed by atoms with van der Waals surface area (Å²) in [6.07, 6.45) is 3.46. The lowest BCUT2D eigenvalue weighted by atomic mass is 9.93. The van der Waals surface area contributed by atoms with Crippen molar-refractivity contribution in [2.24, 2.45) is 0 Å². The summed E-state index contributed by atoms with van der Waals surface area (Å²) in [6.45, 7) is 1.84. The average Bonchev–Trinajstić information content (AvgIpc) is 2.92. The number of nitrogens with one attached hydrogen (secondary N) is 1. The van der Waals surface area contributed by atoms with Crippen molar-refractivity contribution in [1.29, 1.82) is 0 Å². The molecule has 1 amide bonds. The number of aliphatic hydroxyl groups is 1. The first-order chi connectivity index (χ1) is 11.5. The molecule has 1 aliphatic carbocycles. The molecule has 6 heteroatoms. The number of aryl methyl sites for hydroxylation is 1. The minimum absolute atomic E-state index is 0.0863. The van der Waals surface area contributed by atoms with Crippen LogP contribution in [0.3, 0.4) is 0 Å². The fourth-order valence-electron chi connectivity index (χ4n) is 2.99. The number of hydrogen-bond donors (Lipinski definition) is 2. The first-order valence-corrected chi connectivity index (χ1v) is 9.02. The second-order valence-corrected chi connectivity index (χ2v) is 7.39. The van der Waals surface area contributed by atoms with Crippen LogP contribution in [0.4, 0.5) is 4.39 Å². The Balaban J connectivity index is 1.64. The Labute approximate surface area is 144 Å². The molecule has 1 saturated carbocycles. The minimum atomic E-state index is -0.258. The molecule has 2 N–H and O–H groups in total. The molecule has 1 heterocycles. The normalized spacial score (nSPS) is 20.8. The largest absolute Gasteiger partial charge is 0.393 e. The molecule has 128 valence electrons. The van der Waals surface area contributed by atoms with E-state index in [2.05, 4.69) is 10.3 Å². The van der Waals surface area contributed by atoms with Crippen LogP contribution in [-0.4, -0.2) is 28.1 Å². The number of rotatable bonds is 4. The molecular formula is C18H21FN2O2S. The van der Waals surface area contributed by atoms with Crippen LogP contribution in [0.25, 0.3) is 0 Å². The first kappa shape index (κ1) is 17.0. The standard InChI is InChI=1S/C18H21FN2O2S/c1-11-17(18(23)21-14-6-8-15(22)9-7-14)24-16(20-11)10-12-2-4-13(19)5-3-12/h2-5,14-15,22H,6-10H2,1H3,(H,21,23). The van der Waals surface area contributed by atoms with E-state index in [1.54, 1.807) is 12.1 Å². The van der Waals surface area contributed by atoms with Crippen LogP contribution in [-0.2, 0) is 6.42 Å². The molecule has 0 bridgehead atoms. The number of benzene rings is 1. The molecule has 0 radical (unpaired) electrons. The van der Waals surface area contributed by atoms with E-state index in [1.165, 1.54) is 23.5 Å². The monoisotopic (exact) mass is 348 g/mol. The van der Waals surface area contributed by atoms with Gasteiger partial charge in [0.1, 0.15) is 10.7 Å². The summed E-state index contributed by atoms with van der Waals surface area (Å²) < 4.78 is 13.0. The Morgan fingerprint density at radius 1 is 1.29 bits per heavy atom. The molecule has 1 fully saturated rings. The Morgan fingerprint density at radius 3 is 2.62 bits per heavy atom. The molecule has 1 aliphatic rings. The maximum absolute atomic E-state index is 13.0. The van der Waals surface area contributed by atoms with Crippen molar-refractivity contribution in [3.8, 4) is 0 Å². The van der Waals surface area contributed by atoms with Crippen molar-refractivity contribution >= 4 is 17.2 Å². The van der Waals surface area contributed by atoms with Gasteiger partial charge in [-0.05, 0) is 50.3 Å². The molecule has 24 heavy (non-hydrogen) atoms. The molecule has 1 aromatic heterocycles. The Hall–Kier alpha value is -1.79. The van der Waals surface area contributed by atoms with Gasteiger partial charge in [0.15, 0.2) is 0 Å². The van der Waals surface area contributed by atoms with Gasteiger partial charge < -0.3 is 10.4 Å². The van der Waals surface area contributed by atoms with Crippen molar-refractivity contribution in [1.82, 2.24) is 10.3 Å². The van der Waals surface area contributed by atoms with E-state index in [1.807, 2.05) is 6.92 Å². The minimum Gasteiger partial charge on any atom is -0.393 e. The third-order valence-corrected chi connectivity index (χ3v) is 5.50. The van der Waals surface area contributed by atoms with Crippen molar-refractivity contribution in [3.63, 3.8) is 0 Å². The smallest absolute Gasteiger partial charge is 0.263 e. The van der Waals surface area contributed by atoms with Crippen LogP contribution >= 0.6 is 11.3 Å². The number of halogens is 1. The van der Waals surface area contributed by atoms with Crippen LogP contribution in [0.1, 0.15) is 51.6 Å². The van der Waals surface area contributed by atoms with E-state index in [4.69, 9.17) is 0 Å². The highest BCUT2D eigenvalue weighted by atomic mass is 32.1. The Bertz CT molecular complexity index is 706. The zero-order chi connectivity index (χ0) is 17.1. The van der Waals surface area contributed by atoms with E-state index < -0.39 is 0 Å². The van der Waals surface area contributed by atoms with E-state index >= 15 is 0 Å². The molecule has 4 nitrogen and oxygen atoms in total. The maximum atomic E-state index is 13.0. The Kier molecular flexibility index (Phi) is 5.26. The predicted molar refractivity (Wildman–Crippen MR) is 91.8 cm³/mol. The topological polar surface area (TPSA) is 62.2 Å². The van der Waals surface area contributed by atoms with Gasteiger partial charge in [-0.1, -0.05) is 12.1 Å². The zero-order valence-corrected chi connectivity index (χ0v) is 14.4. The van der Waals surface area contributed by atoms with Gasteiger partial charge in [-0.3, -0.25) is 4.79 Å². The molecule has 0 aliphatic heterocycles. The van der Waals surface area contributed by atoms with Crippen LogP contribution in [0.5, 0.6) is 0 Å². The van der Waals surface area contributed by atoms with E-state index in [0.717, 1.165) is 41.9 Å². The van der Waals surface area contributed by atoms with Gasteiger partial charge in [-0.2, -0.15) is 0 Å². The van der Waals surface area contributed by atoms with Crippen LogP contribution in [0.15, 0.2) is 24.3 Å². The van der Waals surface area contributed by atoms with Crippen molar-refractivity contribution < 1.29 is 14.3 Å². The van der Waals surface area contributed by atoms with Crippen molar-refractivity contribution in [3.05, 3.63) is 51.2 Å². The van der Waals surface area contributed by atoms with Gasteiger partial charge in [0, 0.05) is 12.5 Å². The Morgan fingerprint density at radius 2 is 1.96 bits per heavy atom. The van der Waals surface area contributed by atoms with E-state index in [9.17, 15) is 14.3 Å². The number of amides is 1. The quantitative estimate of drug-likeness (QED) is 0.892. The van der Waals surface area contributed by atoms with E-state index in [-0.39, 0.29) is 23.9 Å². The van der Waals surface area contributed by atoms with Gasteiger partial charge in [0.2, 0.25) is 0 Å². The second-order valence-electron chi connectivity index (χ2n) is 6.30. The van der Waals surface area contributed by atoms with Crippen LogP contribution in [0, 0.1) is 12.7 Å². The zero-order valence-electron chi connectivity index (χ0n) is 13.6. The summed E-state index contributed by atoms with van der Waals surface area (Å²) in [5.41, 5.74) is 1.70. The highest BCUT2D eigenvalue weighted by Crippen LogP contribution is 2.23. The number of thiazole rings is 1. The SMILES string of the molecule is Cc1nc(Cc2ccc(F)cc2)sc1C(=O)NC1CCC(O)CC1. The lowest BCUT2D eigenvalue weighted by Gasteiger charge is -2.25. The number of hydrogen-bond acceptors (Lipinski definition) is 4. The summed E-state index contributed by atoms with van der Waals surface area (Å²) >= 11 is 1.39. The van der Waals surface area contributed by atoms with Gasteiger partial charge in [-0.15, -0.1) is 11.3 Å². The van der Waals surface area contributed by atoms with Crippen LogP contribution in [0.2, 0.25) is 0 Å². The lowest BCUT2D eigenvalue weighted by molar-refractivity contribution is 0.0870. The summed E-state index contributed by atoms with van der Waals surface area (Å²) in [7, 11) is 0. The van der Waals surface area contributed by atoms with Gasteiger partial charge >= 0.3 is 0 Å². The number of carbonyl (C=O) groups excluding carboxylic acids is 1. The van der Waals surface area contributed by atoms with Crippen LogP contribution < -0.4 is 5.32 Å². The molecule has 0 unspecified atom stereocenters. The van der Waals surface area contributed by atoms with Gasteiger partial charge in [0.25, 0.3) is 5.91 Å². The summed E-state index contributed by atoms with van der Waals surface area (Å²) in [5, 5.41) is 13.4. The molecule has 3 rings (SSSR count). The fraction of sp³-hybridized carbons (Fsp3) is 0.444. The number of aliphatic hydroxyl groups excluding tert-OH is 1. The molecule has 0 saturated heterocycles. The van der Waals surface area contributed by atoms with E-state index in [0.29, 0.717) is 11.3 Å². The lowest BCUT2D eigenvalue weighted by Crippen LogP contribution is -2.38. The number of carbonyl (C=O) groups is 1. The summed E-state index contributed by atoms with van der Waals surface area (Å²) in [4.78, 5) is 17.6. The highest BCUT2D eigenvalue weighted by Gasteiger charge is 2.23. The number of nitrogens with zero attached hydrogens (tertiary/aromatic N) is 1. The molecule has 2 aromatic rings. The van der Waals surface area contributed by atoms with Crippen molar-refractivity contribution in [2.75, 3.05) is 0 Å². The molecule has 0 spiro atoms. The number of aromatic nitrogens is 1. The molecular weight excluding hydrogens is 327 g/mol. The third-order valence-electron chi connectivity index (χ3n) is 4.35. The average molecular weight is 348 g/mol. The van der Waals surface area contributed by atoms with Gasteiger partial charge in [-0.25, -0.2) is 9.37 Å². The second kappa shape index (κ2) is 7.40.